The SMILES string of the molecule is CCOc1cc(C=C2NC(=O)N(Cc3ccc(C(=O)OC)o3)C2=O)ccc1OCC#N. The van der Waals surface area contributed by atoms with E-state index >= 15 is 0 Å². The van der Waals surface area contributed by atoms with Gasteiger partial charge in [0.05, 0.1) is 20.3 Å². The van der Waals surface area contributed by atoms with Gasteiger partial charge >= 0.3 is 12.0 Å². The molecule has 0 saturated carbocycles. The van der Waals surface area contributed by atoms with Gasteiger partial charge in [0.25, 0.3) is 5.91 Å². The molecule has 1 aromatic carbocycles. The molecule has 31 heavy (non-hydrogen) atoms. The molecule has 0 aliphatic carbocycles. The minimum absolute atomic E-state index is 0.0255. The molecule has 0 atom stereocenters. The fraction of sp³-hybridized carbons (Fsp3) is 0.238. The van der Waals surface area contributed by atoms with Crippen molar-refractivity contribution in [3.05, 3.63) is 53.1 Å². The minimum Gasteiger partial charge on any atom is -0.490 e. The number of rotatable bonds is 8. The van der Waals surface area contributed by atoms with Crippen LogP contribution in [0, 0.1) is 11.3 Å². The van der Waals surface area contributed by atoms with Crippen molar-refractivity contribution in [1.82, 2.24) is 10.2 Å². The highest BCUT2D eigenvalue weighted by Gasteiger charge is 2.34. The highest BCUT2D eigenvalue weighted by molar-refractivity contribution is 6.13. The fourth-order valence-electron chi connectivity index (χ4n) is 2.82. The molecule has 1 fully saturated rings. The number of nitriles is 1. The van der Waals surface area contributed by atoms with E-state index in [0.29, 0.717) is 23.7 Å². The molecular formula is C21H19N3O7. The van der Waals surface area contributed by atoms with E-state index in [-0.39, 0.29) is 30.4 Å². The molecule has 0 bridgehead atoms. The van der Waals surface area contributed by atoms with Crippen LogP contribution in [0.2, 0.25) is 0 Å². The zero-order valence-electron chi connectivity index (χ0n) is 16.8. The number of imide groups is 1. The molecule has 3 amide bonds. The average Bonchev–Trinajstić information content (AvgIpc) is 3.33. The van der Waals surface area contributed by atoms with E-state index in [1.54, 1.807) is 25.1 Å². The van der Waals surface area contributed by atoms with Gasteiger partial charge in [0.2, 0.25) is 5.76 Å². The van der Waals surface area contributed by atoms with E-state index in [9.17, 15) is 14.4 Å². The molecule has 3 rings (SSSR count). The van der Waals surface area contributed by atoms with Crippen molar-refractivity contribution in [1.29, 1.82) is 5.26 Å². The number of methoxy groups -OCH3 is 1. The third-order valence-electron chi connectivity index (χ3n) is 4.20. The number of esters is 1. The van der Waals surface area contributed by atoms with E-state index in [1.165, 1.54) is 25.3 Å². The van der Waals surface area contributed by atoms with Crippen molar-refractivity contribution >= 4 is 24.0 Å². The molecule has 10 nitrogen and oxygen atoms in total. The number of amides is 3. The van der Waals surface area contributed by atoms with Crippen LogP contribution in [0.5, 0.6) is 11.5 Å². The number of hydrogen-bond donors (Lipinski definition) is 1. The molecule has 1 aromatic heterocycles. The van der Waals surface area contributed by atoms with Crippen molar-refractivity contribution in [3.63, 3.8) is 0 Å². The number of urea groups is 1. The first-order chi connectivity index (χ1) is 15.0. The van der Waals surface area contributed by atoms with Crippen LogP contribution >= 0.6 is 0 Å². The highest BCUT2D eigenvalue weighted by Crippen LogP contribution is 2.30. The van der Waals surface area contributed by atoms with Crippen LogP contribution in [0.25, 0.3) is 6.08 Å². The maximum absolute atomic E-state index is 12.7. The molecule has 1 saturated heterocycles. The number of nitrogens with zero attached hydrogens (tertiary/aromatic N) is 2. The second-order valence-electron chi connectivity index (χ2n) is 6.22. The highest BCUT2D eigenvalue weighted by atomic mass is 16.5. The van der Waals surface area contributed by atoms with Crippen LogP contribution in [0.3, 0.4) is 0 Å². The number of ether oxygens (including phenoxy) is 3. The third-order valence-corrected chi connectivity index (χ3v) is 4.20. The Morgan fingerprint density at radius 1 is 1.23 bits per heavy atom. The maximum atomic E-state index is 12.7. The largest absolute Gasteiger partial charge is 0.490 e. The Kier molecular flexibility index (Phi) is 6.57. The van der Waals surface area contributed by atoms with Crippen molar-refractivity contribution in [2.45, 2.75) is 13.5 Å². The van der Waals surface area contributed by atoms with E-state index in [2.05, 4.69) is 10.1 Å². The van der Waals surface area contributed by atoms with Crippen LogP contribution in [0.1, 0.15) is 28.8 Å². The smallest absolute Gasteiger partial charge is 0.373 e. The lowest BCUT2D eigenvalue weighted by Gasteiger charge is -2.11. The van der Waals surface area contributed by atoms with Gasteiger partial charge in [-0.15, -0.1) is 0 Å². The minimum atomic E-state index is -0.656. The summed E-state index contributed by atoms with van der Waals surface area (Å²) in [6.45, 7) is 1.90. The van der Waals surface area contributed by atoms with E-state index < -0.39 is 17.9 Å². The Labute approximate surface area is 177 Å². The summed E-state index contributed by atoms with van der Waals surface area (Å²) in [5.74, 6) is -0.176. The number of furan rings is 1. The molecule has 2 aromatic rings. The Morgan fingerprint density at radius 2 is 2.03 bits per heavy atom. The Bertz CT molecular complexity index is 1080. The van der Waals surface area contributed by atoms with Gasteiger partial charge in [-0.1, -0.05) is 6.07 Å². The normalized spacial score (nSPS) is 14.4. The lowest BCUT2D eigenvalue weighted by Crippen LogP contribution is -2.30. The molecule has 1 aliphatic heterocycles. The summed E-state index contributed by atoms with van der Waals surface area (Å²) in [4.78, 5) is 37.4. The summed E-state index contributed by atoms with van der Waals surface area (Å²) in [6.07, 6.45) is 1.50. The van der Waals surface area contributed by atoms with Crippen LogP contribution in [0.4, 0.5) is 4.79 Å². The lowest BCUT2D eigenvalue weighted by molar-refractivity contribution is -0.123. The molecule has 2 heterocycles. The predicted octanol–water partition coefficient (Wildman–Crippen LogP) is 2.46. The predicted molar refractivity (Wildman–Crippen MR) is 106 cm³/mol. The maximum Gasteiger partial charge on any atom is 0.373 e. The van der Waals surface area contributed by atoms with Crippen LogP contribution in [-0.4, -0.2) is 43.1 Å². The zero-order chi connectivity index (χ0) is 22.4. The number of nitrogens with one attached hydrogen (secondary N) is 1. The molecule has 10 heteroatoms. The van der Waals surface area contributed by atoms with Crippen LogP contribution in [0.15, 0.2) is 40.4 Å². The Morgan fingerprint density at radius 3 is 2.74 bits per heavy atom. The summed E-state index contributed by atoms with van der Waals surface area (Å²) in [5, 5.41) is 11.2. The second-order valence-corrected chi connectivity index (χ2v) is 6.22. The van der Waals surface area contributed by atoms with Gasteiger partial charge in [0, 0.05) is 0 Å². The van der Waals surface area contributed by atoms with Crippen LogP contribution in [-0.2, 0) is 16.1 Å². The number of benzene rings is 1. The number of carbonyl (C=O) groups is 3. The number of hydrogen-bond acceptors (Lipinski definition) is 8. The Hall–Kier alpha value is -4.26. The van der Waals surface area contributed by atoms with Crippen molar-refractivity contribution < 1.29 is 33.0 Å². The first-order valence-electron chi connectivity index (χ1n) is 9.25. The van der Waals surface area contributed by atoms with E-state index in [1.807, 2.05) is 6.07 Å². The summed E-state index contributed by atoms with van der Waals surface area (Å²) >= 11 is 0. The molecular weight excluding hydrogens is 406 g/mol. The zero-order valence-corrected chi connectivity index (χ0v) is 16.8. The first-order valence-corrected chi connectivity index (χ1v) is 9.25. The molecule has 1 aliphatic rings. The van der Waals surface area contributed by atoms with Gasteiger partial charge in [-0.2, -0.15) is 5.26 Å². The van der Waals surface area contributed by atoms with E-state index in [0.717, 1.165) is 4.90 Å². The first kappa shape index (κ1) is 21.4. The lowest BCUT2D eigenvalue weighted by atomic mass is 10.1. The third kappa shape index (κ3) is 4.84. The quantitative estimate of drug-likeness (QED) is 0.388. The Balaban J connectivity index is 1.78. The van der Waals surface area contributed by atoms with Gasteiger partial charge < -0.3 is 23.9 Å². The van der Waals surface area contributed by atoms with Gasteiger partial charge in [-0.05, 0) is 42.8 Å². The molecule has 0 spiro atoms. The molecule has 160 valence electrons. The molecule has 0 unspecified atom stereocenters. The summed E-state index contributed by atoms with van der Waals surface area (Å²) in [6, 6.07) is 9.08. The summed E-state index contributed by atoms with van der Waals surface area (Å²) in [5.41, 5.74) is 0.655. The second kappa shape index (κ2) is 9.49. The van der Waals surface area contributed by atoms with Crippen molar-refractivity contribution in [3.8, 4) is 17.6 Å². The van der Waals surface area contributed by atoms with Gasteiger partial charge in [0.1, 0.15) is 17.5 Å². The standard InChI is InChI=1S/C21H19N3O7/c1-3-29-18-11-13(4-6-16(18)30-9-8-22)10-15-19(25)24(21(27)23-15)12-14-5-7-17(31-14)20(26)28-2/h4-7,10-11H,3,9,12H2,1-2H3,(H,23,27). The number of carbonyl (C=O) groups excluding carboxylic acids is 3. The molecule has 1 N–H and O–H groups in total. The van der Waals surface area contributed by atoms with Gasteiger partial charge in [-0.3, -0.25) is 9.69 Å². The van der Waals surface area contributed by atoms with E-state index in [4.69, 9.17) is 19.2 Å². The summed E-state index contributed by atoms with van der Waals surface area (Å²) < 4.78 is 20.7. The monoisotopic (exact) mass is 425 g/mol. The van der Waals surface area contributed by atoms with Crippen molar-refractivity contribution in [2.24, 2.45) is 0 Å². The van der Waals surface area contributed by atoms with Crippen molar-refractivity contribution in [2.75, 3.05) is 20.3 Å². The van der Waals surface area contributed by atoms with Gasteiger partial charge in [-0.25, -0.2) is 9.59 Å². The average molecular weight is 425 g/mol. The fourth-order valence-corrected chi connectivity index (χ4v) is 2.82. The molecule has 0 radical (unpaired) electrons. The van der Waals surface area contributed by atoms with Gasteiger partial charge in [0.15, 0.2) is 18.1 Å². The summed E-state index contributed by atoms with van der Waals surface area (Å²) in [7, 11) is 1.22. The topological polar surface area (TPSA) is 131 Å². The van der Waals surface area contributed by atoms with Crippen LogP contribution < -0.4 is 14.8 Å².